The maximum Gasteiger partial charge on any atom is 0.188 e. The molecule has 1 heterocycles. The summed E-state index contributed by atoms with van der Waals surface area (Å²) in [5.41, 5.74) is 8.28. The zero-order valence-electron chi connectivity index (χ0n) is 11.7. The van der Waals surface area contributed by atoms with Gasteiger partial charge in [0.25, 0.3) is 0 Å². The Labute approximate surface area is 115 Å². The average molecular weight is 260 g/mol. The van der Waals surface area contributed by atoms with Crippen molar-refractivity contribution < 1.29 is 0 Å². The molecule has 104 valence electrons. The standard InChI is InChI=1S/C15H24N4/c1-2-3-6-9-19(15(16)17)11-13-10-12-7-4-5-8-14(12)18-13/h4-5,7-8,13,18H,2-3,6,9-11H2,1H3,(H3,16,17). The van der Waals surface area contributed by atoms with Crippen molar-refractivity contribution in [3.05, 3.63) is 29.8 Å². The predicted molar refractivity (Wildman–Crippen MR) is 80.6 cm³/mol. The van der Waals surface area contributed by atoms with Gasteiger partial charge in [-0.3, -0.25) is 5.41 Å². The predicted octanol–water partition coefficient (Wildman–Crippen LogP) is 2.41. The van der Waals surface area contributed by atoms with E-state index in [-0.39, 0.29) is 5.96 Å². The SMILES string of the molecule is CCCCCN(CC1Cc2ccccc2N1)C(=N)N. The molecular weight excluding hydrogens is 236 g/mol. The van der Waals surface area contributed by atoms with Crippen LogP contribution in [0.5, 0.6) is 0 Å². The fourth-order valence-corrected chi connectivity index (χ4v) is 2.61. The quantitative estimate of drug-likeness (QED) is 0.418. The highest BCUT2D eigenvalue weighted by Gasteiger charge is 2.22. The van der Waals surface area contributed by atoms with E-state index in [0.717, 1.165) is 25.9 Å². The van der Waals surface area contributed by atoms with Crippen LogP contribution in [0.1, 0.15) is 31.7 Å². The Balaban J connectivity index is 1.87. The maximum absolute atomic E-state index is 7.69. The number of benzene rings is 1. The molecule has 0 saturated heterocycles. The lowest BCUT2D eigenvalue weighted by atomic mass is 10.1. The summed E-state index contributed by atoms with van der Waals surface area (Å²) in [4.78, 5) is 1.99. The van der Waals surface area contributed by atoms with Crippen molar-refractivity contribution in [3.8, 4) is 0 Å². The van der Waals surface area contributed by atoms with Gasteiger partial charge in [0.05, 0.1) is 0 Å². The molecule has 0 aromatic heterocycles. The molecule has 1 aliphatic rings. The van der Waals surface area contributed by atoms with Gasteiger partial charge in [0.15, 0.2) is 5.96 Å². The van der Waals surface area contributed by atoms with Crippen LogP contribution in [0.4, 0.5) is 5.69 Å². The Kier molecular flexibility index (Phi) is 4.66. The van der Waals surface area contributed by atoms with Crippen LogP contribution in [0.3, 0.4) is 0 Å². The number of nitrogens with one attached hydrogen (secondary N) is 2. The number of fused-ring (bicyclic) bond motifs is 1. The monoisotopic (exact) mass is 260 g/mol. The lowest BCUT2D eigenvalue weighted by molar-refractivity contribution is 0.378. The lowest BCUT2D eigenvalue weighted by Crippen LogP contribution is -2.43. The zero-order chi connectivity index (χ0) is 13.7. The van der Waals surface area contributed by atoms with E-state index in [9.17, 15) is 0 Å². The normalized spacial score (nSPS) is 16.8. The molecule has 2 rings (SSSR count). The van der Waals surface area contributed by atoms with Crippen LogP contribution in [0.15, 0.2) is 24.3 Å². The summed E-state index contributed by atoms with van der Waals surface area (Å²) in [7, 11) is 0. The summed E-state index contributed by atoms with van der Waals surface area (Å²) in [5.74, 6) is 0.189. The van der Waals surface area contributed by atoms with Crippen molar-refractivity contribution in [2.24, 2.45) is 5.73 Å². The number of nitrogens with zero attached hydrogens (tertiary/aromatic N) is 1. The number of unbranched alkanes of at least 4 members (excludes halogenated alkanes) is 2. The summed E-state index contributed by atoms with van der Waals surface area (Å²) in [6.07, 6.45) is 4.52. The number of hydrogen-bond donors (Lipinski definition) is 3. The van der Waals surface area contributed by atoms with Crippen LogP contribution >= 0.6 is 0 Å². The topological polar surface area (TPSA) is 65.1 Å². The van der Waals surface area contributed by atoms with Gasteiger partial charge in [-0.2, -0.15) is 0 Å². The molecule has 0 spiro atoms. The van der Waals surface area contributed by atoms with Gasteiger partial charge >= 0.3 is 0 Å². The van der Waals surface area contributed by atoms with Gasteiger partial charge in [-0.05, 0) is 24.5 Å². The van der Waals surface area contributed by atoms with Gasteiger partial charge in [0, 0.05) is 24.8 Å². The van der Waals surface area contributed by atoms with Crippen LogP contribution in [0.2, 0.25) is 0 Å². The molecule has 1 atom stereocenters. The van der Waals surface area contributed by atoms with E-state index in [1.807, 2.05) is 4.90 Å². The molecule has 4 heteroatoms. The minimum absolute atomic E-state index is 0.189. The fraction of sp³-hybridized carbons (Fsp3) is 0.533. The first-order valence-corrected chi connectivity index (χ1v) is 7.14. The summed E-state index contributed by atoms with van der Waals surface area (Å²) in [5, 5.41) is 11.2. The molecule has 19 heavy (non-hydrogen) atoms. The van der Waals surface area contributed by atoms with Crippen LogP contribution in [-0.4, -0.2) is 30.0 Å². The minimum atomic E-state index is 0.189. The van der Waals surface area contributed by atoms with E-state index < -0.39 is 0 Å². The molecule has 4 N–H and O–H groups in total. The van der Waals surface area contributed by atoms with Gasteiger partial charge in [-0.1, -0.05) is 38.0 Å². The third-order valence-corrected chi connectivity index (χ3v) is 3.66. The van der Waals surface area contributed by atoms with Crippen molar-refractivity contribution in [1.82, 2.24) is 4.90 Å². The lowest BCUT2D eigenvalue weighted by Gasteiger charge is -2.26. The fourth-order valence-electron chi connectivity index (χ4n) is 2.61. The van der Waals surface area contributed by atoms with Crippen molar-refractivity contribution in [1.29, 1.82) is 5.41 Å². The number of anilines is 1. The van der Waals surface area contributed by atoms with Crippen LogP contribution in [0.25, 0.3) is 0 Å². The molecule has 0 amide bonds. The largest absolute Gasteiger partial charge is 0.380 e. The molecule has 4 nitrogen and oxygen atoms in total. The van der Waals surface area contributed by atoms with E-state index in [1.165, 1.54) is 24.1 Å². The summed E-state index contributed by atoms with van der Waals surface area (Å²) in [6, 6.07) is 8.77. The second kappa shape index (κ2) is 6.45. The van der Waals surface area contributed by atoms with E-state index in [1.54, 1.807) is 0 Å². The molecule has 1 aliphatic heterocycles. The van der Waals surface area contributed by atoms with Crippen molar-refractivity contribution in [2.75, 3.05) is 18.4 Å². The molecule has 0 fully saturated rings. The Morgan fingerprint density at radius 1 is 1.42 bits per heavy atom. The molecule has 1 aromatic carbocycles. The van der Waals surface area contributed by atoms with Crippen LogP contribution in [0, 0.1) is 5.41 Å². The molecule has 1 aromatic rings. The van der Waals surface area contributed by atoms with E-state index in [4.69, 9.17) is 11.1 Å². The van der Waals surface area contributed by atoms with Crippen molar-refractivity contribution in [2.45, 2.75) is 38.6 Å². The number of hydrogen-bond acceptors (Lipinski definition) is 2. The van der Waals surface area contributed by atoms with Crippen LogP contribution < -0.4 is 11.1 Å². The number of para-hydroxylation sites is 1. The van der Waals surface area contributed by atoms with E-state index >= 15 is 0 Å². The molecule has 0 bridgehead atoms. The molecule has 0 aliphatic carbocycles. The third-order valence-electron chi connectivity index (χ3n) is 3.66. The highest BCUT2D eigenvalue weighted by Crippen LogP contribution is 2.25. The summed E-state index contributed by atoms with van der Waals surface area (Å²) < 4.78 is 0. The van der Waals surface area contributed by atoms with Crippen LogP contribution in [-0.2, 0) is 6.42 Å². The first kappa shape index (κ1) is 13.7. The minimum Gasteiger partial charge on any atom is -0.380 e. The smallest absolute Gasteiger partial charge is 0.188 e. The molecule has 0 radical (unpaired) electrons. The third kappa shape index (κ3) is 3.63. The highest BCUT2D eigenvalue weighted by atomic mass is 15.2. The Morgan fingerprint density at radius 3 is 2.89 bits per heavy atom. The van der Waals surface area contributed by atoms with E-state index in [2.05, 4.69) is 36.5 Å². The molecular formula is C15H24N4. The zero-order valence-corrected chi connectivity index (χ0v) is 11.7. The first-order chi connectivity index (χ1) is 9.20. The maximum atomic E-state index is 7.69. The molecule has 0 saturated carbocycles. The van der Waals surface area contributed by atoms with Gasteiger partial charge in [-0.25, -0.2) is 0 Å². The van der Waals surface area contributed by atoms with Crippen molar-refractivity contribution >= 4 is 11.6 Å². The number of guanidine groups is 1. The Hall–Kier alpha value is -1.71. The van der Waals surface area contributed by atoms with E-state index in [0.29, 0.717) is 6.04 Å². The highest BCUT2D eigenvalue weighted by molar-refractivity contribution is 5.74. The van der Waals surface area contributed by atoms with Gasteiger partial charge in [0.1, 0.15) is 0 Å². The Morgan fingerprint density at radius 2 is 2.21 bits per heavy atom. The first-order valence-electron chi connectivity index (χ1n) is 7.14. The molecule has 1 unspecified atom stereocenters. The Bertz CT molecular complexity index is 405. The van der Waals surface area contributed by atoms with Gasteiger partial charge in [0.2, 0.25) is 0 Å². The summed E-state index contributed by atoms with van der Waals surface area (Å²) >= 11 is 0. The van der Waals surface area contributed by atoms with Gasteiger partial charge in [-0.15, -0.1) is 0 Å². The van der Waals surface area contributed by atoms with Crippen molar-refractivity contribution in [3.63, 3.8) is 0 Å². The average Bonchev–Trinajstić information content (AvgIpc) is 2.80. The second-order valence-corrected chi connectivity index (χ2v) is 5.24. The second-order valence-electron chi connectivity index (χ2n) is 5.24. The van der Waals surface area contributed by atoms with Gasteiger partial charge < -0.3 is 16.0 Å². The summed E-state index contributed by atoms with van der Waals surface area (Å²) in [6.45, 7) is 3.89. The number of rotatable bonds is 6. The number of nitrogens with two attached hydrogens (primary N) is 1.